The van der Waals surface area contributed by atoms with E-state index in [4.69, 9.17) is 9.52 Å². The molecule has 0 saturated carbocycles. The van der Waals surface area contributed by atoms with E-state index in [0.717, 1.165) is 0 Å². The van der Waals surface area contributed by atoms with E-state index in [2.05, 4.69) is 0 Å². The Morgan fingerprint density at radius 1 is 1.62 bits per heavy atom. The fourth-order valence-electron chi connectivity index (χ4n) is 0.982. The second-order valence-electron chi connectivity index (χ2n) is 3.06. The van der Waals surface area contributed by atoms with E-state index in [9.17, 15) is 9.90 Å². The van der Waals surface area contributed by atoms with E-state index in [1.165, 1.54) is 13.0 Å². The van der Waals surface area contributed by atoms with E-state index in [-0.39, 0.29) is 17.7 Å². The first-order valence-electron chi connectivity index (χ1n) is 4.01. The molecule has 4 heteroatoms. The first-order valence-corrected chi connectivity index (χ1v) is 4.01. The van der Waals surface area contributed by atoms with Gasteiger partial charge in [0.05, 0.1) is 11.7 Å². The fourth-order valence-corrected chi connectivity index (χ4v) is 0.982. The van der Waals surface area contributed by atoms with Crippen LogP contribution in [0.2, 0.25) is 0 Å². The highest BCUT2D eigenvalue weighted by Crippen LogP contribution is 2.14. The predicted molar refractivity (Wildman–Crippen MR) is 46.8 cm³/mol. The summed E-state index contributed by atoms with van der Waals surface area (Å²) >= 11 is 0. The maximum absolute atomic E-state index is 11.0. The maximum Gasteiger partial charge on any atom is 0.342 e. The van der Waals surface area contributed by atoms with Crippen LogP contribution in [0.5, 0.6) is 5.75 Å². The number of hydrogen-bond acceptors (Lipinski definition) is 4. The van der Waals surface area contributed by atoms with Crippen LogP contribution < -0.4 is 5.63 Å². The Kier molecular flexibility index (Phi) is 2.72. The van der Waals surface area contributed by atoms with E-state index in [0.29, 0.717) is 5.76 Å². The summed E-state index contributed by atoms with van der Waals surface area (Å²) in [7, 11) is 0. The lowest BCUT2D eigenvalue weighted by Crippen LogP contribution is -2.09. The fraction of sp³-hybridized carbons (Fsp3) is 0.444. The molecule has 0 aliphatic rings. The van der Waals surface area contributed by atoms with Crippen LogP contribution in [0.3, 0.4) is 0 Å². The van der Waals surface area contributed by atoms with Gasteiger partial charge < -0.3 is 14.6 Å². The highest BCUT2D eigenvalue weighted by molar-refractivity contribution is 5.28. The van der Waals surface area contributed by atoms with Gasteiger partial charge in [-0.1, -0.05) is 0 Å². The van der Waals surface area contributed by atoms with E-state index in [1.807, 2.05) is 0 Å². The number of rotatable bonds is 2. The molecule has 0 amide bonds. The molecule has 1 aromatic rings. The Bertz CT molecular complexity index is 351. The molecular formula is C9H12O4. The van der Waals surface area contributed by atoms with Gasteiger partial charge in [-0.25, -0.2) is 4.79 Å². The number of aliphatic hydroxyl groups excluding tert-OH is 1. The molecule has 0 aliphatic carbocycles. The summed E-state index contributed by atoms with van der Waals surface area (Å²) in [5, 5.41) is 18.3. The van der Waals surface area contributed by atoms with Crippen LogP contribution >= 0.6 is 0 Å². The third kappa shape index (κ3) is 2.32. The third-order valence-electron chi connectivity index (χ3n) is 1.71. The molecule has 1 unspecified atom stereocenters. The van der Waals surface area contributed by atoms with Crippen molar-refractivity contribution in [1.82, 2.24) is 0 Å². The van der Waals surface area contributed by atoms with E-state index >= 15 is 0 Å². The molecule has 2 N–H and O–H groups in total. The average molecular weight is 184 g/mol. The Morgan fingerprint density at radius 2 is 2.23 bits per heavy atom. The van der Waals surface area contributed by atoms with Crippen LogP contribution in [0.1, 0.15) is 18.2 Å². The van der Waals surface area contributed by atoms with Crippen molar-refractivity contribution in [3.8, 4) is 5.75 Å². The SMILES string of the molecule is Cc1c(O)cc(CC(C)O)oc1=O. The van der Waals surface area contributed by atoms with E-state index < -0.39 is 11.7 Å². The molecule has 1 heterocycles. The monoisotopic (exact) mass is 184 g/mol. The second-order valence-corrected chi connectivity index (χ2v) is 3.06. The molecular weight excluding hydrogens is 172 g/mol. The normalized spacial score (nSPS) is 12.8. The lowest BCUT2D eigenvalue weighted by Gasteiger charge is -2.04. The van der Waals surface area contributed by atoms with Gasteiger partial charge in [0.25, 0.3) is 0 Å². The zero-order valence-corrected chi connectivity index (χ0v) is 7.57. The van der Waals surface area contributed by atoms with Crippen molar-refractivity contribution in [3.63, 3.8) is 0 Å². The zero-order valence-electron chi connectivity index (χ0n) is 7.57. The van der Waals surface area contributed by atoms with Crippen molar-refractivity contribution in [3.05, 3.63) is 27.8 Å². The lowest BCUT2D eigenvalue weighted by atomic mass is 10.2. The van der Waals surface area contributed by atoms with Crippen LogP contribution in [0, 0.1) is 6.92 Å². The first-order chi connectivity index (χ1) is 6.00. The molecule has 0 bridgehead atoms. The Labute approximate surface area is 75.4 Å². The molecule has 0 aromatic carbocycles. The van der Waals surface area contributed by atoms with Crippen molar-refractivity contribution >= 4 is 0 Å². The van der Waals surface area contributed by atoms with Crippen molar-refractivity contribution < 1.29 is 14.6 Å². The molecule has 1 aromatic heterocycles. The Balaban J connectivity index is 3.06. The quantitative estimate of drug-likeness (QED) is 0.705. The number of aliphatic hydroxyl groups is 1. The molecule has 72 valence electrons. The molecule has 13 heavy (non-hydrogen) atoms. The van der Waals surface area contributed by atoms with Gasteiger partial charge in [-0.05, 0) is 13.8 Å². The van der Waals surface area contributed by atoms with Gasteiger partial charge in [0.2, 0.25) is 0 Å². The summed E-state index contributed by atoms with van der Waals surface area (Å²) in [6.07, 6.45) is -0.367. The van der Waals surface area contributed by atoms with Crippen LogP contribution in [-0.4, -0.2) is 16.3 Å². The topological polar surface area (TPSA) is 70.7 Å². The second kappa shape index (κ2) is 3.62. The van der Waals surface area contributed by atoms with Gasteiger partial charge in [0.15, 0.2) is 0 Å². The Hall–Kier alpha value is -1.29. The minimum absolute atomic E-state index is 0.0908. The molecule has 0 spiro atoms. The summed E-state index contributed by atoms with van der Waals surface area (Å²) in [5.74, 6) is 0.204. The first kappa shape index (κ1) is 9.80. The van der Waals surface area contributed by atoms with Gasteiger partial charge in [0.1, 0.15) is 11.5 Å². The predicted octanol–water partition coefficient (Wildman–Crippen LogP) is 0.577. The molecule has 0 radical (unpaired) electrons. The van der Waals surface area contributed by atoms with Gasteiger partial charge >= 0.3 is 5.63 Å². The third-order valence-corrected chi connectivity index (χ3v) is 1.71. The highest BCUT2D eigenvalue weighted by Gasteiger charge is 2.08. The van der Waals surface area contributed by atoms with Crippen LogP contribution in [0.25, 0.3) is 0 Å². The molecule has 0 fully saturated rings. The summed E-state index contributed by atoms with van der Waals surface area (Å²) in [6.45, 7) is 3.06. The van der Waals surface area contributed by atoms with Crippen molar-refractivity contribution in [1.29, 1.82) is 0 Å². The average Bonchev–Trinajstić information content (AvgIpc) is 1.98. The van der Waals surface area contributed by atoms with Gasteiger partial charge in [-0.15, -0.1) is 0 Å². The summed E-state index contributed by atoms with van der Waals surface area (Å²) in [6, 6.07) is 1.35. The molecule has 1 atom stereocenters. The summed E-state index contributed by atoms with van der Waals surface area (Å²) in [5.41, 5.74) is -0.370. The largest absolute Gasteiger partial charge is 0.507 e. The highest BCUT2D eigenvalue weighted by atomic mass is 16.4. The van der Waals surface area contributed by atoms with Crippen LogP contribution in [0.4, 0.5) is 0 Å². The Morgan fingerprint density at radius 3 is 2.69 bits per heavy atom. The summed E-state index contributed by atoms with van der Waals surface area (Å²) < 4.78 is 4.82. The van der Waals surface area contributed by atoms with Crippen molar-refractivity contribution in [2.45, 2.75) is 26.4 Å². The minimum Gasteiger partial charge on any atom is -0.507 e. The maximum atomic E-state index is 11.0. The van der Waals surface area contributed by atoms with Gasteiger partial charge in [-0.2, -0.15) is 0 Å². The van der Waals surface area contributed by atoms with E-state index in [1.54, 1.807) is 6.92 Å². The van der Waals surface area contributed by atoms with Crippen molar-refractivity contribution in [2.24, 2.45) is 0 Å². The molecule has 4 nitrogen and oxygen atoms in total. The number of hydrogen-bond donors (Lipinski definition) is 2. The van der Waals surface area contributed by atoms with Gasteiger partial charge in [-0.3, -0.25) is 0 Å². The molecule has 0 aliphatic heterocycles. The van der Waals surface area contributed by atoms with Crippen LogP contribution in [-0.2, 0) is 6.42 Å². The minimum atomic E-state index is -0.592. The van der Waals surface area contributed by atoms with Crippen LogP contribution in [0.15, 0.2) is 15.3 Å². The molecule has 0 saturated heterocycles. The van der Waals surface area contributed by atoms with Gasteiger partial charge in [0, 0.05) is 12.5 Å². The number of aromatic hydroxyl groups is 1. The summed E-state index contributed by atoms with van der Waals surface area (Å²) in [4.78, 5) is 11.0. The molecule has 1 rings (SSSR count). The lowest BCUT2D eigenvalue weighted by molar-refractivity contribution is 0.185. The zero-order chi connectivity index (χ0) is 10.0. The smallest absolute Gasteiger partial charge is 0.342 e. The van der Waals surface area contributed by atoms with Crippen molar-refractivity contribution in [2.75, 3.05) is 0 Å². The standard InChI is InChI=1S/C9H12O4/c1-5(10)3-7-4-8(11)6(2)9(12)13-7/h4-5,10-11H,3H2,1-2H3.